The van der Waals surface area contributed by atoms with Gasteiger partial charge in [0.05, 0.1) is 0 Å². The van der Waals surface area contributed by atoms with Crippen molar-refractivity contribution in [3.05, 3.63) is 84.5 Å². The lowest BCUT2D eigenvalue weighted by atomic mass is 9.88. The van der Waals surface area contributed by atoms with Crippen molar-refractivity contribution in [2.24, 2.45) is 11.8 Å². The summed E-state index contributed by atoms with van der Waals surface area (Å²) in [5.41, 5.74) is 3.90. The number of fused-ring (bicyclic) bond motifs is 2. The molecule has 0 spiro atoms. The molecule has 0 N–H and O–H groups in total. The Morgan fingerprint density at radius 3 is 2.24 bits per heavy atom. The Kier molecular flexibility index (Phi) is 7.20. The molecule has 0 aromatic heterocycles. The van der Waals surface area contributed by atoms with E-state index in [4.69, 9.17) is 0 Å². The highest BCUT2D eigenvalue weighted by atomic mass is 28.3. The number of benzene rings is 2. The molecule has 2 saturated carbocycles. The molecule has 3 heteroatoms. The lowest BCUT2D eigenvalue weighted by molar-refractivity contribution is 0.142. The number of para-hydroxylation sites is 1. The van der Waals surface area contributed by atoms with E-state index >= 15 is 0 Å². The van der Waals surface area contributed by atoms with Crippen LogP contribution >= 0.6 is 0 Å². The third-order valence-electron chi connectivity index (χ3n) is 10.4. The molecule has 2 nitrogen and oxygen atoms in total. The van der Waals surface area contributed by atoms with E-state index in [0.717, 1.165) is 0 Å². The van der Waals surface area contributed by atoms with Crippen LogP contribution in [0.15, 0.2) is 78.9 Å². The monoisotopic (exact) mass is 524 g/mol. The highest BCUT2D eigenvalue weighted by Crippen LogP contribution is 2.54. The zero-order valence-electron chi connectivity index (χ0n) is 24.2. The summed E-state index contributed by atoms with van der Waals surface area (Å²) in [5, 5.41) is 1.65. The Hall–Kier alpha value is -2.10. The average molecular weight is 525 g/mol. The van der Waals surface area contributed by atoms with E-state index in [1.54, 1.807) is 10.8 Å². The minimum atomic E-state index is -2.13. The summed E-state index contributed by atoms with van der Waals surface area (Å²) in [6.45, 7) is 11.5. The molecule has 1 heterocycles. The summed E-state index contributed by atoms with van der Waals surface area (Å²) in [6, 6.07) is 22.4. The molecule has 4 aliphatic rings. The number of anilines is 1. The first kappa shape index (κ1) is 26.1. The Bertz CT molecular complexity index is 1160. The molecule has 2 aromatic carbocycles. The first-order chi connectivity index (χ1) is 18.4. The van der Waals surface area contributed by atoms with Crippen LogP contribution in [-0.2, 0) is 6.42 Å². The van der Waals surface area contributed by atoms with Crippen LogP contribution in [0, 0.1) is 11.8 Å². The van der Waals surface area contributed by atoms with E-state index in [1.165, 1.54) is 63.6 Å². The van der Waals surface area contributed by atoms with Crippen LogP contribution in [0.2, 0.25) is 12.1 Å². The van der Waals surface area contributed by atoms with Gasteiger partial charge in [-0.25, -0.2) is 0 Å². The first-order valence-corrected chi connectivity index (χ1v) is 18.0. The maximum atomic E-state index is 3.15. The van der Waals surface area contributed by atoms with E-state index in [9.17, 15) is 0 Å². The minimum absolute atomic E-state index is 0.151. The standard InChI is InChI=1S/C35H48N2Si/c1-35(2,3)37(28-18-7-5-8-19-28)38(4,29-20-9-6-10-21-29)34-26-33(30-22-12-13-23-31(30)34)36-25-15-17-27-16-11-14-24-32(27)36/h6,9-14,16,20-24,28,30-31,33-34H,5,7-8,15,17-19,25-26H2,1-4H3. The van der Waals surface area contributed by atoms with Crippen molar-refractivity contribution in [1.82, 2.24) is 4.57 Å². The second-order valence-corrected chi connectivity index (χ2v) is 17.7. The van der Waals surface area contributed by atoms with Crippen molar-refractivity contribution in [2.75, 3.05) is 11.4 Å². The highest BCUT2D eigenvalue weighted by Gasteiger charge is 2.58. The van der Waals surface area contributed by atoms with Gasteiger partial charge in [0, 0.05) is 35.8 Å². The predicted molar refractivity (Wildman–Crippen MR) is 166 cm³/mol. The maximum absolute atomic E-state index is 3.15. The lowest BCUT2D eigenvalue weighted by Crippen LogP contribution is -2.71. The van der Waals surface area contributed by atoms with E-state index in [-0.39, 0.29) is 5.54 Å². The molecule has 5 atom stereocenters. The van der Waals surface area contributed by atoms with Crippen LogP contribution in [0.1, 0.15) is 71.3 Å². The zero-order chi connectivity index (χ0) is 26.3. The summed E-state index contributed by atoms with van der Waals surface area (Å²) in [7, 11) is -2.13. The topological polar surface area (TPSA) is 6.48 Å². The van der Waals surface area contributed by atoms with Crippen LogP contribution in [0.5, 0.6) is 0 Å². The van der Waals surface area contributed by atoms with E-state index in [0.29, 0.717) is 29.5 Å². The van der Waals surface area contributed by atoms with Gasteiger partial charge in [0.15, 0.2) is 8.24 Å². The number of nitrogens with zero attached hydrogens (tertiary/aromatic N) is 2. The van der Waals surface area contributed by atoms with Crippen molar-refractivity contribution >= 4 is 19.1 Å². The van der Waals surface area contributed by atoms with Crippen molar-refractivity contribution in [3.63, 3.8) is 0 Å². The van der Waals surface area contributed by atoms with E-state index in [2.05, 4.69) is 116 Å². The van der Waals surface area contributed by atoms with E-state index in [1.807, 2.05) is 0 Å². The molecule has 2 aromatic rings. The molecular weight excluding hydrogens is 476 g/mol. The van der Waals surface area contributed by atoms with Gasteiger partial charge in [-0.15, -0.1) is 0 Å². The SMILES string of the molecule is CC(C)(C)N(C1CCCCC1)[Si](C)(c1ccccc1)C1CC(N2CCCc3ccccc32)C2C=CC=CC21. The maximum Gasteiger partial charge on any atom is 0.161 e. The van der Waals surface area contributed by atoms with Crippen LogP contribution in [0.3, 0.4) is 0 Å². The number of rotatable bonds is 5. The molecule has 2 fully saturated rings. The van der Waals surface area contributed by atoms with Gasteiger partial charge in [-0.3, -0.25) is 0 Å². The summed E-state index contributed by atoms with van der Waals surface area (Å²) >= 11 is 0. The normalized spacial score (nSPS) is 29.2. The van der Waals surface area contributed by atoms with Crippen LogP contribution < -0.4 is 10.1 Å². The van der Waals surface area contributed by atoms with Gasteiger partial charge in [0.2, 0.25) is 0 Å². The molecule has 202 valence electrons. The number of hydrogen-bond acceptors (Lipinski definition) is 2. The van der Waals surface area contributed by atoms with Gasteiger partial charge in [0.25, 0.3) is 0 Å². The largest absolute Gasteiger partial charge is 0.368 e. The highest BCUT2D eigenvalue weighted by molar-refractivity contribution is 6.90. The molecule has 0 saturated heterocycles. The summed E-state index contributed by atoms with van der Waals surface area (Å²) in [6.07, 6.45) is 20.6. The Morgan fingerprint density at radius 1 is 0.816 bits per heavy atom. The Balaban J connectivity index is 1.47. The summed E-state index contributed by atoms with van der Waals surface area (Å²) < 4.78 is 3.15. The summed E-state index contributed by atoms with van der Waals surface area (Å²) in [4.78, 5) is 2.84. The van der Waals surface area contributed by atoms with Gasteiger partial charge in [-0.2, -0.15) is 0 Å². The fourth-order valence-corrected chi connectivity index (χ4v) is 15.2. The Labute approximate surface area is 232 Å². The van der Waals surface area contributed by atoms with Gasteiger partial charge in [-0.1, -0.05) is 98.6 Å². The molecule has 1 aliphatic heterocycles. The van der Waals surface area contributed by atoms with Crippen molar-refractivity contribution in [2.45, 2.75) is 102 Å². The minimum Gasteiger partial charge on any atom is -0.368 e. The number of allylic oxidation sites excluding steroid dienone is 3. The zero-order valence-corrected chi connectivity index (χ0v) is 25.2. The van der Waals surface area contributed by atoms with Gasteiger partial charge in [0.1, 0.15) is 0 Å². The lowest BCUT2D eigenvalue weighted by Gasteiger charge is -2.56. The molecule has 3 aliphatic carbocycles. The van der Waals surface area contributed by atoms with Crippen LogP contribution in [-0.4, -0.2) is 37.0 Å². The van der Waals surface area contributed by atoms with Crippen LogP contribution in [0.25, 0.3) is 0 Å². The predicted octanol–water partition coefficient (Wildman–Crippen LogP) is 7.86. The van der Waals surface area contributed by atoms with E-state index < -0.39 is 8.24 Å². The third-order valence-corrected chi connectivity index (χ3v) is 16.0. The first-order valence-electron chi connectivity index (χ1n) is 15.4. The second kappa shape index (κ2) is 10.5. The third kappa shape index (κ3) is 4.54. The van der Waals surface area contributed by atoms with Crippen molar-refractivity contribution in [1.29, 1.82) is 0 Å². The van der Waals surface area contributed by atoms with Gasteiger partial charge < -0.3 is 9.47 Å². The smallest absolute Gasteiger partial charge is 0.161 e. The van der Waals surface area contributed by atoms with Crippen molar-refractivity contribution < 1.29 is 0 Å². The number of hydrogen-bond donors (Lipinski definition) is 0. The molecule has 0 radical (unpaired) electrons. The average Bonchev–Trinajstić information content (AvgIpc) is 3.33. The second-order valence-electron chi connectivity index (χ2n) is 13.6. The van der Waals surface area contributed by atoms with Crippen molar-refractivity contribution in [3.8, 4) is 0 Å². The fraction of sp³-hybridized carbons (Fsp3) is 0.543. The summed E-state index contributed by atoms with van der Waals surface area (Å²) in [5.74, 6) is 1.21. The Morgan fingerprint density at radius 2 is 1.50 bits per heavy atom. The fourth-order valence-electron chi connectivity index (χ4n) is 9.12. The number of aryl methyl sites for hydroxylation is 1. The van der Waals surface area contributed by atoms with Gasteiger partial charge >= 0.3 is 0 Å². The molecule has 0 bridgehead atoms. The molecule has 0 amide bonds. The molecule has 5 unspecified atom stereocenters. The molecule has 6 rings (SSSR count). The molecular formula is C35H48N2Si. The quantitative estimate of drug-likeness (QED) is 0.367. The van der Waals surface area contributed by atoms with Gasteiger partial charge in [-0.05, 0) is 81.2 Å². The van der Waals surface area contributed by atoms with Crippen LogP contribution in [0.4, 0.5) is 5.69 Å². The molecule has 38 heavy (non-hydrogen) atoms.